The quantitative estimate of drug-likeness (QED) is 0.805. The molecule has 2 N–H and O–H groups in total. The van der Waals surface area contributed by atoms with E-state index < -0.39 is 0 Å². The van der Waals surface area contributed by atoms with Crippen LogP contribution in [0.15, 0.2) is 35.1 Å². The minimum Gasteiger partial charge on any atom is -0.322 e. The Kier molecular flexibility index (Phi) is 2.92. The summed E-state index contributed by atoms with van der Waals surface area (Å²) in [7, 11) is 0. The van der Waals surface area contributed by atoms with Crippen molar-refractivity contribution in [1.82, 2.24) is 10.3 Å². The van der Waals surface area contributed by atoms with Crippen LogP contribution in [-0.4, -0.2) is 18.1 Å². The maximum Gasteiger partial charge on any atom is 0.248 e. The summed E-state index contributed by atoms with van der Waals surface area (Å²) in [6.07, 6.45) is 1.17. The summed E-state index contributed by atoms with van der Waals surface area (Å²) in [5.41, 5.74) is 2.27. The van der Waals surface area contributed by atoms with E-state index in [9.17, 15) is 4.79 Å². The first-order chi connectivity index (χ1) is 8.74. The molecular weight excluding hydrogens is 224 g/mol. The number of benzene rings is 1. The number of rotatable bonds is 1. The molecule has 0 saturated carbocycles. The molecule has 0 radical (unpaired) electrons. The van der Waals surface area contributed by atoms with Crippen LogP contribution in [0.5, 0.6) is 0 Å². The highest BCUT2D eigenvalue weighted by Crippen LogP contribution is 2.31. The molecule has 1 aliphatic rings. The Morgan fingerprint density at radius 3 is 2.89 bits per heavy atom. The Morgan fingerprint density at radius 2 is 2.06 bits per heavy atom. The first kappa shape index (κ1) is 11.5. The molecule has 1 aromatic carbocycles. The Bertz CT molecular complexity index is 617. The van der Waals surface area contributed by atoms with Crippen LogP contribution >= 0.6 is 0 Å². The first-order valence-electron chi connectivity index (χ1n) is 6.58. The number of pyridine rings is 1. The van der Waals surface area contributed by atoms with Crippen molar-refractivity contribution in [3.05, 3.63) is 46.2 Å². The molecule has 2 heterocycles. The standard InChI is InChI=1S/C15H18N2O/c1-10-9-16-7-6-13(10)12-3-2-11-4-5-15(18)17-14(11)8-12/h2-5,8,10,13,16H,6-7,9H2,1H3,(H,17,18). The van der Waals surface area contributed by atoms with Gasteiger partial charge in [0.1, 0.15) is 0 Å². The maximum atomic E-state index is 11.4. The van der Waals surface area contributed by atoms with E-state index in [1.165, 1.54) is 12.0 Å². The van der Waals surface area contributed by atoms with Gasteiger partial charge < -0.3 is 10.3 Å². The topological polar surface area (TPSA) is 44.9 Å². The van der Waals surface area contributed by atoms with E-state index in [1.54, 1.807) is 6.07 Å². The molecule has 0 amide bonds. The predicted octanol–water partition coefficient (Wildman–Crippen LogP) is 2.24. The van der Waals surface area contributed by atoms with Gasteiger partial charge >= 0.3 is 0 Å². The molecule has 0 aliphatic carbocycles. The first-order valence-corrected chi connectivity index (χ1v) is 6.58. The molecule has 0 bridgehead atoms. The minimum absolute atomic E-state index is 0.0296. The van der Waals surface area contributed by atoms with Crippen LogP contribution in [0.4, 0.5) is 0 Å². The van der Waals surface area contributed by atoms with Crippen molar-refractivity contribution >= 4 is 10.9 Å². The zero-order chi connectivity index (χ0) is 12.5. The van der Waals surface area contributed by atoms with E-state index in [2.05, 4.69) is 35.4 Å². The second-order valence-corrected chi connectivity index (χ2v) is 5.25. The SMILES string of the molecule is CC1CNCCC1c1ccc2ccc(=O)[nH]c2c1. The molecule has 1 aromatic heterocycles. The number of H-pyrrole nitrogens is 1. The average Bonchev–Trinajstić information content (AvgIpc) is 2.38. The summed E-state index contributed by atoms with van der Waals surface area (Å²) >= 11 is 0. The van der Waals surface area contributed by atoms with Crippen LogP contribution in [0.3, 0.4) is 0 Å². The normalized spacial score (nSPS) is 24.3. The van der Waals surface area contributed by atoms with Crippen LogP contribution in [0, 0.1) is 5.92 Å². The minimum atomic E-state index is -0.0296. The lowest BCUT2D eigenvalue weighted by Gasteiger charge is -2.30. The molecule has 3 nitrogen and oxygen atoms in total. The lowest BCUT2D eigenvalue weighted by molar-refractivity contribution is 0.350. The van der Waals surface area contributed by atoms with Gasteiger partial charge in [0.05, 0.1) is 0 Å². The van der Waals surface area contributed by atoms with Gasteiger partial charge in [-0.15, -0.1) is 0 Å². The Balaban J connectivity index is 2.04. The maximum absolute atomic E-state index is 11.4. The van der Waals surface area contributed by atoms with Gasteiger partial charge in [0, 0.05) is 11.6 Å². The number of hydrogen-bond acceptors (Lipinski definition) is 2. The molecule has 1 aliphatic heterocycles. The van der Waals surface area contributed by atoms with E-state index in [-0.39, 0.29) is 5.56 Å². The number of piperidine rings is 1. The monoisotopic (exact) mass is 242 g/mol. The summed E-state index contributed by atoms with van der Waals surface area (Å²) in [6.45, 7) is 4.45. The summed E-state index contributed by atoms with van der Waals surface area (Å²) in [6, 6.07) is 9.91. The molecular formula is C15H18N2O. The number of nitrogens with one attached hydrogen (secondary N) is 2. The van der Waals surface area contributed by atoms with Gasteiger partial charge in [0.25, 0.3) is 0 Å². The largest absolute Gasteiger partial charge is 0.322 e. The summed E-state index contributed by atoms with van der Waals surface area (Å²) in [5, 5.41) is 4.52. The van der Waals surface area contributed by atoms with Crippen LogP contribution in [-0.2, 0) is 0 Å². The molecule has 2 atom stereocenters. The molecule has 1 saturated heterocycles. The number of fused-ring (bicyclic) bond motifs is 1. The van der Waals surface area contributed by atoms with Crippen LogP contribution in [0.25, 0.3) is 10.9 Å². The lowest BCUT2D eigenvalue weighted by Crippen LogP contribution is -2.33. The van der Waals surface area contributed by atoms with E-state index in [0.717, 1.165) is 24.0 Å². The molecule has 3 rings (SSSR count). The average molecular weight is 242 g/mol. The molecule has 2 unspecified atom stereocenters. The van der Waals surface area contributed by atoms with Crippen LogP contribution in [0.1, 0.15) is 24.8 Å². The lowest BCUT2D eigenvalue weighted by atomic mass is 9.82. The van der Waals surface area contributed by atoms with Crippen molar-refractivity contribution in [3.63, 3.8) is 0 Å². The summed E-state index contributed by atoms with van der Waals surface area (Å²) < 4.78 is 0. The zero-order valence-corrected chi connectivity index (χ0v) is 10.6. The summed E-state index contributed by atoms with van der Waals surface area (Å²) in [4.78, 5) is 14.3. The van der Waals surface area contributed by atoms with Gasteiger partial charge in [-0.3, -0.25) is 4.79 Å². The third-order valence-corrected chi connectivity index (χ3v) is 3.96. The van der Waals surface area contributed by atoms with Crippen molar-refractivity contribution in [2.45, 2.75) is 19.3 Å². The molecule has 0 spiro atoms. The highest BCUT2D eigenvalue weighted by Gasteiger charge is 2.22. The van der Waals surface area contributed by atoms with Crippen molar-refractivity contribution in [3.8, 4) is 0 Å². The van der Waals surface area contributed by atoms with Crippen molar-refractivity contribution < 1.29 is 0 Å². The zero-order valence-electron chi connectivity index (χ0n) is 10.6. The second-order valence-electron chi connectivity index (χ2n) is 5.25. The van der Waals surface area contributed by atoms with Gasteiger partial charge in [0.15, 0.2) is 0 Å². The van der Waals surface area contributed by atoms with Gasteiger partial charge in [-0.05, 0) is 54.4 Å². The molecule has 18 heavy (non-hydrogen) atoms. The third-order valence-electron chi connectivity index (χ3n) is 3.96. The fourth-order valence-electron chi connectivity index (χ4n) is 2.91. The fourth-order valence-corrected chi connectivity index (χ4v) is 2.91. The Morgan fingerprint density at radius 1 is 1.22 bits per heavy atom. The number of aromatic amines is 1. The fraction of sp³-hybridized carbons (Fsp3) is 0.400. The third kappa shape index (κ3) is 2.06. The molecule has 94 valence electrons. The smallest absolute Gasteiger partial charge is 0.248 e. The number of aromatic nitrogens is 1. The summed E-state index contributed by atoms with van der Waals surface area (Å²) in [5.74, 6) is 1.24. The van der Waals surface area contributed by atoms with Gasteiger partial charge in [-0.2, -0.15) is 0 Å². The van der Waals surface area contributed by atoms with Crippen LogP contribution in [0.2, 0.25) is 0 Å². The molecule has 3 heteroatoms. The van der Waals surface area contributed by atoms with Gasteiger partial charge in [-0.1, -0.05) is 19.1 Å². The van der Waals surface area contributed by atoms with Gasteiger partial charge in [0.2, 0.25) is 5.56 Å². The van der Waals surface area contributed by atoms with E-state index in [4.69, 9.17) is 0 Å². The van der Waals surface area contributed by atoms with E-state index in [1.807, 2.05) is 6.07 Å². The Hall–Kier alpha value is -1.61. The van der Waals surface area contributed by atoms with Crippen molar-refractivity contribution in [2.24, 2.45) is 5.92 Å². The molecule has 2 aromatic rings. The van der Waals surface area contributed by atoms with Crippen LogP contribution < -0.4 is 10.9 Å². The molecule has 1 fully saturated rings. The van der Waals surface area contributed by atoms with Crippen molar-refractivity contribution in [1.29, 1.82) is 0 Å². The van der Waals surface area contributed by atoms with Crippen molar-refractivity contribution in [2.75, 3.05) is 13.1 Å². The second kappa shape index (κ2) is 4.58. The highest BCUT2D eigenvalue weighted by atomic mass is 16.1. The van der Waals surface area contributed by atoms with E-state index in [0.29, 0.717) is 11.8 Å². The van der Waals surface area contributed by atoms with E-state index >= 15 is 0 Å². The Labute approximate surface area is 106 Å². The predicted molar refractivity (Wildman–Crippen MR) is 74.0 cm³/mol. The number of hydrogen-bond donors (Lipinski definition) is 2. The van der Waals surface area contributed by atoms with Gasteiger partial charge in [-0.25, -0.2) is 0 Å². The highest BCUT2D eigenvalue weighted by molar-refractivity contribution is 5.79.